The monoisotopic (exact) mass is 425 g/mol. The number of rotatable bonds is 8. The van der Waals surface area contributed by atoms with E-state index in [9.17, 15) is 9.59 Å². The lowest BCUT2D eigenvalue weighted by molar-refractivity contribution is -0.118. The van der Waals surface area contributed by atoms with Gasteiger partial charge in [0.1, 0.15) is 22.1 Å². The maximum atomic E-state index is 12.4. The fraction of sp³-hybridized carbons (Fsp3) is 0.217. The summed E-state index contributed by atoms with van der Waals surface area (Å²) in [6, 6.07) is 14.8. The van der Waals surface area contributed by atoms with Gasteiger partial charge in [-0.25, -0.2) is 4.79 Å². The molecule has 6 nitrogen and oxygen atoms in total. The van der Waals surface area contributed by atoms with Gasteiger partial charge in [-0.1, -0.05) is 29.8 Å². The molecule has 0 aliphatic heterocycles. The molecule has 0 atom stereocenters. The second-order valence-corrected chi connectivity index (χ2v) is 7.33. The van der Waals surface area contributed by atoms with Crippen molar-refractivity contribution in [3.05, 3.63) is 65.0 Å². The number of carbonyl (C=O) groups excluding carboxylic acids is 2. The number of benzene rings is 2. The molecule has 0 spiro atoms. The lowest BCUT2D eigenvalue weighted by Gasteiger charge is -2.09. The summed E-state index contributed by atoms with van der Waals surface area (Å²) in [5.41, 5.74) is 2.93. The number of methoxy groups -OCH3 is 1. The Morgan fingerprint density at radius 3 is 2.23 bits per heavy atom. The van der Waals surface area contributed by atoms with E-state index in [1.807, 2.05) is 55.6 Å². The van der Waals surface area contributed by atoms with E-state index in [0.717, 1.165) is 16.9 Å². The number of thiophene rings is 1. The molecule has 1 N–H and O–H groups in total. The minimum absolute atomic E-state index is 0.167. The number of anilines is 1. The van der Waals surface area contributed by atoms with Crippen LogP contribution >= 0.6 is 11.3 Å². The molecular weight excluding hydrogens is 402 g/mol. The molecule has 0 fully saturated rings. The molecule has 0 saturated carbocycles. The molecule has 0 aliphatic rings. The SMILES string of the molecule is CCOc1ccc(-c2csc(NC(=O)COc3ccc(C)cc3)c2C(=O)OC)cc1. The molecule has 1 aromatic heterocycles. The van der Waals surface area contributed by atoms with Gasteiger partial charge in [-0.15, -0.1) is 11.3 Å². The number of hydrogen-bond donors (Lipinski definition) is 1. The summed E-state index contributed by atoms with van der Waals surface area (Å²) in [4.78, 5) is 24.8. The van der Waals surface area contributed by atoms with Gasteiger partial charge in [-0.2, -0.15) is 0 Å². The number of carbonyl (C=O) groups is 2. The van der Waals surface area contributed by atoms with E-state index in [0.29, 0.717) is 28.5 Å². The summed E-state index contributed by atoms with van der Waals surface area (Å²) in [7, 11) is 1.31. The first kappa shape index (κ1) is 21.4. The van der Waals surface area contributed by atoms with Crippen LogP contribution in [0.25, 0.3) is 11.1 Å². The number of esters is 1. The van der Waals surface area contributed by atoms with Crippen LogP contribution in [-0.4, -0.2) is 32.2 Å². The van der Waals surface area contributed by atoms with Crippen molar-refractivity contribution in [2.45, 2.75) is 13.8 Å². The Bertz CT molecular complexity index is 1010. The Kier molecular flexibility index (Phi) is 7.08. The third-order valence-corrected chi connectivity index (χ3v) is 5.20. The maximum Gasteiger partial charge on any atom is 0.341 e. The summed E-state index contributed by atoms with van der Waals surface area (Å²) in [5.74, 6) is 0.471. The topological polar surface area (TPSA) is 73.9 Å². The molecule has 0 saturated heterocycles. The van der Waals surface area contributed by atoms with Crippen molar-refractivity contribution in [3.63, 3.8) is 0 Å². The lowest BCUT2D eigenvalue weighted by Crippen LogP contribution is -2.21. The molecule has 7 heteroatoms. The van der Waals surface area contributed by atoms with Crippen LogP contribution in [-0.2, 0) is 9.53 Å². The van der Waals surface area contributed by atoms with Gasteiger partial charge in [0.05, 0.1) is 13.7 Å². The fourth-order valence-corrected chi connectivity index (χ4v) is 3.78. The van der Waals surface area contributed by atoms with Crippen molar-refractivity contribution in [3.8, 4) is 22.6 Å². The van der Waals surface area contributed by atoms with Crippen molar-refractivity contribution in [1.82, 2.24) is 0 Å². The van der Waals surface area contributed by atoms with Gasteiger partial charge in [0.25, 0.3) is 5.91 Å². The predicted octanol–water partition coefficient (Wildman–Crippen LogP) is 4.93. The average molecular weight is 426 g/mol. The zero-order valence-electron chi connectivity index (χ0n) is 17.1. The Morgan fingerprint density at radius 2 is 1.60 bits per heavy atom. The van der Waals surface area contributed by atoms with Crippen LogP contribution in [0.3, 0.4) is 0 Å². The molecule has 0 radical (unpaired) electrons. The summed E-state index contributed by atoms with van der Waals surface area (Å²) in [6.45, 7) is 4.30. The third kappa shape index (κ3) is 5.18. The van der Waals surface area contributed by atoms with Crippen molar-refractivity contribution < 1.29 is 23.8 Å². The van der Waals surface area contributed by atoms with E-state index < -0.39 is 5.97 Å². The van der Waals surface area contributed by atoms with Crippen LogP contribution in [0.1, 0.15) is 22.8 Å². The number of aryl methyl sites for hydroxylation is 1. The van der Waals surface area contributed by atoms with Crippen molar-refractivity contribution in [1.29, 1.82) is 0 Å². The highest BCUT2D eigenvalue weighted by Gasteiger charge is 2.22. The summed E-state index contributed by atoms with van der Waals surface area (Å²) >= 11 is 1.26. The summed E-state index contributed by atoms with van der Waals surface area (Å²) < 4.78 is 15.9. The number of nitrogens with one attached hydrogen (secondary N) is 1. The average Bonchev–Trinajstić information content (AvgIpc) is 3.17. The molecule has 2 aromatic carbocycles. The smallest absolute Gasteiger partial charge is 0.341 e. The van der Waals surface area contributed by atoms with Crippen LogP contribution < -0.4 is 14.8 Å². The van der Waals surface area contributed by atoms with Crippen molar-refractivity contribution in [2.75, 3.05) is 25.6 Å². The zero-order chi connectivity index (χ0) is 21.5. The Labute approximate surface area is 179 Å². The first-order valence-electron chi connectivity index (χ1n) is 9.44. The normalized spacial score (nSPS) is 10.4. The molecule has 0 unspecified atom stereocenters. The summed E-state index contributed by atoms with van der Waals surface area (Å²) in [6.07, 6.45) is 0. The molecule has 0 bridgehead atoms. The van der Waals surface area contributed by atoms with E-state index >= 15 is 0 Å². The number of hydrogen-bond acceptors (Lipinski definition) is 6. The van der Waals surface area contributed by atoms with Gasteiger partial charge in [-0.05, 0) is 43.7 Å². The molecular formula is C23H23NO5S. The predicted molar refractivity (Wildman–Crippen MR) is 118 cm³/mol. The molecule has 3 rings (SSSR count). The molecule has 0 aliphatic carbocycles. The largest absolute Gasteiger partial charge is 0.494 e. The number of ether oxygens (including phenoxy) is 3. The Balaban J connectivity index is 1.76. The second kappa shape index (κ2) is 9.93. The van der Waals surface area contributed by atoms with Crippen LogP contribution in [0, 0.1) is 6.92 Å². The van der Waals surface area contributed by atoms with Gasteiger partial charge in [-0.3, -0.25) is 4.79 Å². The standard InChI is InChI=1S/C23H23NO5S/c1-4-28-17-11-7-16(8-12-17)19-14-30-22(21(19)23(26)27-3)24-20(25)13-29-18-9-5-15(2)6-10-18/h5-12,14H,4,13H2,1-3H3,(H,24,25). The summed E-state index contributed by atoms with van der Waals surface area (Å²) in [5, 5.41) is 5.00. The van der Waals surface area contributed by atoms with Gasteiger partial charge in [0.2, 0.25) is 0 Å². The molecule has 156 valence electrons. The highest BCUT2D eigenvalue weighted by Crippen LogP contribution is 2.36. The van der Waals surface area contributed by atoms with E-state index in [4.69, 9.17) is 14.2 Å². The highest BCUT2D eigenvalue weighted by atomic mass is 32.1. The van der Waals surface area contributed by atoms with Crippen molar-refractivity contribution in [2.24, 2.45) is 0 Å². The number of amides is 1. The molecule has 3 aromatic rings. The maximum absolute atomic E-state index is 12.4. The highest BCUT2D eigenvalue weighted by molar-refractivity contribution is 7.15. The van der Waals surface area contributed by atoms with Gasteiger partial charge in [0.15, 0.2) is 6.61 Å². The van der Waals surface area contributed by atoms with E-state index in [-0.39, 0.29) is 12.5 Å². The molecule has 30 heavy (non-hydrogen) atoms. The minimum atomic E-state index is -0.519. The molecule has 1 heterocycles. The second-order valence-electron chi connectivity index (χ2n) is 6.45. The van der Waals surface area contributed by atoms with Crippen LogP contribution in [0.4, 0.5) is 5.00 Å². The van der Waals surface area contributed by atoms with E-state index in [1.54, 1.807) is 12.1 Å². The Hall–Kier alpha value is -3.32. The van der Waals surface area contributed by atoms with Gasteiger partial charge < -0.3 is 19.5 Å². The van der Waals surface area contributed by atoms with Gasteiger partial charge >= 0.3 is 5.97 Å². The van der Waals surface area contributed by atoms with Crippen LogP contribution in [0.5, 0.6) is 11.5 Å². The van der Waals surface area contributed by atoms with Crippen LogP contribution in [0.2, 0.25) is 0 Å². The quantitative estimate of drug-likeness (QED) is 0.518. The first-order valence-corrected chi connectivity index (χ1v) is 10.3. The van der Waals surface area contributed by atoms with Gasteiger partial charge in [0, 0.05) is 10.9 Å². The Morgan fingerprint density at radius 1 is 0.967 bits per heavy atom. The van der Waals surface area contributed by atoms with Crippen LogP contribution in [0.15, 0.2) is 53.9 Å². The lowest BCUT2D eigenvalue weighted by atomic mass is 10.0. The van der Waals surface area contributed by atoms with Crippen molar-refractivity contribution >= 4 is 28.2 Å². The van der Waals surface area contributed by atoms with E-state index in [1.165, 1.54) is 18.4 Å². The molecule has 1 amide bonds. The third-order valence-electron chi connectivity index (χ3n) is 4.30. The van der Waals surface area contributed by atoms with E-state index in [2.05, 4.69) is 5.32 Å². The minimum Gasteiger partial charge on any atom is -0.494 e. The first-order chi connectivity index (χ1) is 14.5. The fourth-order valence-electron chi connectivity index (χ4n) is 2.81. The zero-order valence-corrected chi connectivity index (χ0v) is 17.9.